The summed E-state index contributed by atoms with van der Waals surface area (Å²) in [5.74, 6) is 0.398. The van der Waals surface area contributed by atoms with Crippen LogP contribution >= 0.6 is 0 Å². The first-order chi connectivity index (χ1) is 7.29. The standard InChI is InChI=1S/C9H7N6/c1-6-8(2-7(3-10)4-11-6)14-9-12-5-13-15-9/h2,4-5H,1H3,(H,14,15). The summed E-state index contributed by atoms with van der Waals surface area (Å²) >= 11 is 0. The third-order valence-corrected chi connectivity index (χ3v) is 1.85. The highest BCUT2D eigenvalue weighted by atomic mass is 15.4. The summed E-state index contributed by atoms with van der Waals surface area (Å²) in [4.78, 5) is 4.07. The van der Waals surface area contributed by atoms with Gasteiger partial charge in [0.05, 0.1) is 16.9 Å². The fourth-order valence-electron chi connectivity index (χ4n) is 1.09. The normalized spacial score (nSPS) is 12.9. The van der Waals surface area contributed by atoms with Crippen molar-refractivity contribution in [2.75, 3.05) is 5.32 Å². The van der Waals surface area contributed by atoms with Crippen LogP contribution in [0.15, 0.2) is 22.5 Å². The van der Waals surface area contributed by atoms with Gasteiger partial charge in [0.15, 0.2) is 0 Å². The third kappa shape index (κ3) is 1.91. The van der Waals surface area contributed by atoms with Gasteiger partial charge in [0.1, 0.15) is 12.4 Å². The first kappa shape index (κ1) is 9.15. The molecule has 1 N–H and O–H groups in total. The molecule has 1 aromatic heterocycles. The molecule has 0 aliphatic carbocycles. The molecule has 0 aromatic carbocycles. The molecule has 0 saturated carbocycles. The first-order valence-corrected chi connectivity index (χ1v) is 4.24. The monoisotopic (exact) mass is 199 g/mol. The average molecular weight is 199 g/mol. The van der Waals surface area contributed by atoms with Gasteiger partial charge >= 0.3 is 0 Å². The summed E-state index contributed by atoms with van der Waals surface area (Å²) < 4.78 is 0. The number of hydrogen-bond acceptors (Lipinski definition) is 5. The fourth-order valence-corrected chi connectivity index (χ4v) is 1.09. The molecule has 15 heavy (non-hydrogen) atoms. The zero-order valence-electron chi connectivity index (χ0n) is 7.97. The van der Waals surface area contributed by atoms with Gasteiger partial charge in [0.25, 0.3) is 0 Å². The molecule has 1 radical (unpaired) electrons. The van der Waals surface area contributed by atoms with E-state index >= 15 is 0 Å². The maximum absolute atomic E-state index is 8.72. The van der Waals surface area contributed by atoms with Crippen molar-refractivity contribution < 1.29 is 0 Å². The van der Waals surface area contributed by atoms with Crippen LogP contribution in [-0.4, -0.2) is 17.3 Å². The lowest BCUT2D eigenvalue weighted by Crippen LogP contribution is -2.20. The zero-order chi connectivity index (χ0) is 10.7. The topological polar surface area (TPSA) is 87.5 Å². The lowest BCUT2D eigenvalue weighted by molar-refractivity contribution is 1.18. The van der Waals surface area contributed by atoms with Crippen molar-refractivity contribution in [3.63, 3.8) is 0 Å². The van der Waals surface area contributed by atoms with Crippen molar-refractivity contribution in [1.82, 2.24) is 10.3 Å². The van der Waals surface area contributed by atoms with Crippen LogP contribution in [0.2, 0.25) is 0 Å². The molecule has 0 atom stereocenters. The quantitative estimate of drug-likeness (QED) is 0.717. The number of nitrogens with one attached hydrogen (secondary N) is 1. The van der Waals surface area contributed by atoms with Crippen molar-refractivity contribution in [3.05, 3.63) is 23.5 Å². The van der Waals surface area contributed by atoms with Crippen LogP contribution in [0.1, 0.15) is 11.3 Å². The number of pyridine rings is 1. The Hall–Kier alpha value is -2.42. The Balaban J connectivity index is 2.24. The zero-order valence-corrected chi connectivity index (χ0v) is 7.97. The minimum absolute atomic E-state index is 0.398. The van der Waals surface area contributed by atoms with E-state index in [1.54, 1.807) is 6.07 Å². The van der Waals surface area contributed by atoms with Crippen LogP contribution in [0.3, 0.4) is 0 Å². The van der Waals surface area contributed by atoms with Crippen molar-refractivity contribution in [2.24, 2.45) is 10.2 Å². The SMILES string of the molecule is Cc1ncc(C#N)cc1NC1=NN=C[N]1. The molecule has 1 aromatic rings. The van der Waals surface area contributed by atoms with Crippen molar-refractivity contribution in [1.29, 1.82) is 5.26 Å². The smallest absolute Gasteiger partial charge is 0.248 e. The number of aromatic nitrogens is 1. The van der Waals surface area contributed by atoms with Gasteiger partial charge in [0.2, 0.25) is 5.96 Å². The van der Waals surface area contributed by atoms with Crippen LogP contribution in [0.4, 0.5) is 5.69 Å². The summed E-state index contributed by atoms with van der Waals surface area (Å²) in [5.41, 5.74) is 1.98. The number of rotatable bonds is 1. The van der Waals surface area contributed by atoms with Crippen LogP contribution in [0.25, 0.3) is 0 Å². The van der Waals surface area contributed by atoms with E-state index in [-0.39, 0.29) is 0 Å². The predicted molar refractivity (Wildman–Crippen MR) is 55.4 cm³/mol. The second-order valence-electron chi connectivity index (χ2n) is 2.88. The molecule has 0 unspecified atom stereocenters. The molecule has 2 rings (SSSR count). The predicted octanol–water partition coefficient (Wildman–Crippen LogP) is 0.591. The highest BCUT2D eigenvalue weighted by Gasteiger charge is 2.07. The summed E-state index contributed by atoms with van der Waals surface area (Å²) in [6.45, 7) is 1.83. The van der Waals surface area contributed by atoms with E-state index in [1.807, 2.05) is 13.0 Å². The van der Waals surface area contributed by atoms with E-state index in [4.69, 9.17) is 5.26 Å². The van der Waals surface area contributed by atoms with Crippen molar-refractivity contribution >= 4 is 18.0 Å². The molecule has 0 bridgehead atoms. The Kier molecular flexibility index (Phi) is 2.29. The number of hydrogen-bond donors (Lipinski definition) is 1. The summed E-state index contributed by atoms with van der Waals surface area (Å²) in [6.07, 6.45) is 2.86. The van der Waals surface area contributed by atoms with Gasteiger partial charge in [-0.1, -0.05) is 0 Å². The van der Waals surface area contributed by atoms with Crippen molar-refractivity contribution in [2.45, 2.75) is 6.92 Å². The number of anilines is 1. The number of aryl methyl sites for hydroxylation is 1. The largest absolute Gasteiger partial charge is 0.321 e. The Labute approximate surface area is 86.4 Å². The molecule has 1 aliphatic heterocycles. The molecule has 1 aliphatic rings. The molecule has 0 amide bonds. The number of guanidine groups is 1. The highest BCUT2D eigenvalue weighted by Crippen LogP contribution is 2.13. The van der Waals surface area contributed by atoms with Gasteiger partial charge in [-0.2, -0.15) is 10.6 Å². The van der Waals surface area contributed by atoms with Crippen LogP contribution in [-0.2, 0) is 0 Å². The maximum atomic E-state index is 8.72. The van der Waals surface area contributed by atoms with Crippen molar-refractivity contribution in [3.8, 4) is 6.07 Å². The lowest BCUT2D eigenvalue weighted by atomic mass is 10.2. The van der Waals surface area contributed by atoms with Gasteiger partial charge in [-0.05, 0) is 13.0 Å². The molecule has 0 spiro atoms. The van der Waals surface area contributed by atoms with E-state index in [2.05, 4.69) is 25.8 Å². The number of nitrogens with zero attached hydrogens (tertiary/aromatic N) is 5. The summed E-state index contributed by atoms with van der Waals surface area (Å²) in [5, 5.41) is 22.8. The Morgan fingerprint density at radius 3 is 3.00 bits per heavy atom. The van der Waals surface area contributed by atoms with Gasteiger partial charge in [-0.25, -0.2) is 0 Å². The van der Waals surface area contributed by atoms with Gasteiger partial charge < -0.3 is 5.32 Å². The second-order valence-corrected chi connectivity index (χ2v) is 2.88. The fraction of sp³-hybridized carbons (Fsp3) is 0.111. The molecule has 6 heteroatoms. The van der Waals surface area contributed by atoms with Gasteiger partial charge in [0, 0.05) is 6.20 Å². The van der Waals surface area contributed by atoms with Crippen LogP contribution in [0, 0.1) is 18.3 Å². The minimum atomic E-state index is 0.398. The molecule has 0 saturated heterocycles. The molecule has 2 heterocycles. The summed E-state index contributed by atoms with van der Waals surface area (Å²) in [7, 11) is 0. The minimum Gasteiger partial charge on any atom is -0.321 e. The average Bonchev–Trinajstić information content (AvgIpc) is 2.74. The summed E-state index contributed by atoms with van der Waals surface area (Å²) in [6, 6.07) is 3.71. The van der Waals surface area contributed by atoms with E-state index in [1.165, 1.54) is 12.5 Å². The molecule has 6 nitrogen and oxygen atoms in total. The third-order valence-electron chi connectivity index (χ3n) is 1.85. The molecular weight excluding hydrogens is 192 g/mol. The molecule has 0 fully saturated rings. The Morgan fingerprint density at radius 2 is 2.33 bits per heavy atom. The Morgan fingerprint density at radius 1 is 1.47 bits per heavy atom. The molecular formula is C9H7N6. The van der Waals surface area contributed by atoms with Crippen LogP contribution < -0.4 is 10.6 Å². The second kappa shape index (κ2) is 3.75. The van der Waals surface area contributed by atoms with E-state index in [9.17, 15) is 0 Å². The van der Waals surface area contributed by atoms with Gasteiger partial charge in [-0.3, -0.25) is 4.98 Å². The maximum Gasteiger partial charge on any atom is 0.248 e. The van der Waals surface area contributed by atoms with Crippen LogP contribution in [0.5, 0.6) is 0 Å². The Bertz CT molecular complexity index is 482. The van der Waals surface area contributed by atoms with Gasteiger partial charge in [-0.15, -0.1) is 10.2 Å². The van der Waals surface area contributed by atoms with E-state index in [0.29, 0.717) is 17.2 Å². The van der Waals surface area contributed by atoms with E-state index < -0.39 is 0 Å². The highest BCUT2D eigenvalue weighted by molar-refractivity contribution is 6.02. The van der Waals surface area contributed by atoms with E-state index in [0.717, 1.165) is 5.69 Å². The lowest BCUT2D eigenvalue weighted by Gasteiger charge is -2.06. The first-order valence-electron chi connectivity index (χ1n) is 4.24. The number of nitriles is 1. The molecule has 73 valence electrons.